The summed E-state index contributed by atoms with van der Waals surface area (Å²) in [6, 6.07) is 0. The van der Waals surface area contributed by atoms with Gasteiger partial charge in [-0.25, -0.2) is 4.79 Å². The molecule has 0 rings (SSSR count). The molecule has 0 unspecified atom stereocenters. The monoisotopic (exact) mass is 280 g/mol. The molecule has 19 heavy (non-hydrogen) atoms. The van der Waals surface area contributed by atoms with E-state index in [1.807, 2.05) is 0 Å². The molecule has 0 aliphatic rings. The third-order valence-corrected chi connectivity index (χ3v) is 1.53. The van der Waals surface area contributed by atoms with Crippen molar-refractivity contribution in [3.63, 3.8) is 0 Å². The topological polar surface area (TPSA) is 218 Å². The molecule has 0 saturated carbocycles. The van der Waals surface area contributed by atoms with Crippen molar-refractivity contribution >= 4 is 29.7 Å². The Labute approximate surface area is 105 Å². The van der Waals surface area contributed by atoms with Gasteiger partial charge >= 0.3 is 29.7 Å². The van der Waals surface area contributed by atoms with Gasteiger partial charge in [0.25, 0.3) is 0 Å². The Hall–Kier alpha value is -2.69. The normalized spacial score (nSPS) is 9.74. The van der Waals surface area contributed by atoms with Crippen LogP contribution in [0.2, 0.25) is 0 Å². The molecule has 8 N–H and O–H groups in total. The van der Waals surface area contributed by atoms with Gasteiger partial charge in [-0.15, -0.1) is 0 Å². The molecule has 0 aliphatic carbocycles. The number of aliphatic carboxylic acids is 3. The number of carbonyl (C=O) groups is 5. The number of hydrogen-bond donors (Lipinski definition) is 6. The molecule has 0 aromatic heterocycles. The summed E-state index contributed by atoms with van der Waals surface area (Å²) in [5.74, 6) is -7.22. The molecule has 0 atom stereocenters. The molecule has 0 saturated heterocycles. The third kappa shape index (κ3) is 9.05. The fourth-order valence-corrected chi connectivity index (χ4v) is 0.714. The third-order valence-electron chi connectivity index (χ3n) is 1.53. The fraction of sp³-hybridized carbons (Fsp3) is 0.375. The largest absolute Gasteiger partial charge is 0.481 e. The average molecular weight is 280 g/mol. The summed E-state index contributed by atoms with van der Waals surface area (Å²) in [6.45, 7) is 0. The van der Waals surface area contributed by atoms with Gasteiger partial charge in [0.15, 0.2) is 5.60 Å². The highest BCUT2D eigenvalue weighted by Crippen LogP contribution is 2.15. The van der Waals surface area contributed by atoms with Gasteiger partial charge < -0.3 is 31.9 Å². The van der Waals surface area contributed by atoms with Crippen LogP contribution in [0.3, 0.4) is 0 Å². The summed E-state index contributed by atoms with van der Waals surface area (Å²) in [4.78, 5) is 49.4. The van der Waals surface area contributed by atoms with Crippen molar-refractivity contribution < 1.29 is 44.4 Å². The molecule has 0 fully saturated rings. The molecule has 0 bridgehead atoms. The van der Waals surface area contributed by atoms with Crippen LogP contribution in [-0.2, 0) is 24.0 Å². The molecule has 11 heteroatoms. The van der Waals surface area contributed by atoms with E-state index >= 15 is 0 Å². The number of hydrogen-bond acceptors (Lipinski definition) is 6. The first-order chi connectivity index (χ1) is 8.42. The summed E-state index contributed by atoms with van der Waals surface area (Å²) >= 11 is 0. The number of aliphatic hydroxyl groups is 1. The van der Waals surface area contributed by atoms with Gasteiger partial charge in [-0.2, -0.15) is 0 Å². The number of nitrogens with two attached hydrogens (primary N) is 2. The second kappa shape index (κ2) is 7.60. The molecule has 2 amide bonds. The van der Waals surface area contributed by atoms with Crippen LogP contribution in [0.25, 0.3) is 0 Å². The van der Waals surface area contributed by atoms with Crippen LogP contribution in [0.15, 0.2) is 0 Å². The lowest BCUT2D eigenvalue weighted by molar-refractivity contribution is -0.170. The predicted molar refractivity (Wildman–Crippen MR) is 55.5 cm³/mol. The second-order valence-corrected chi connectivity index (χ2v) is 3.21. The number of carboxylic acids is 3. The Morgan fingerprint density at radius 2 is 1.05 bits per heavy atom. The molecule has 0 radical (unpaired) electrons. The lowest BCUT2D eigenvalue weighted by Gasteiger charge is -2.18. The summed E-state index contributed by atoms with van der Waals surface area (Å²) < 4.78 is 0. The second-order valence-electron chi connectivity index (χ2n) is 3.21. The molecule has 0 spiro atoms. The van der Waals surface area contributed by atoms with E-state index in [0.717, 1.165) is 0 Å². The summed E-state index contributed by atoms with van der Waals surface area (Å²) in [7, 11) is 0. The number of carboxylic acid groups (broad SMARTS) is 3. The highest BCUT2D eigenvalue weighted by atomic mass is 16.4. The number of amides is 2. The molecule has 11 nitrogen and oxygen atoms in total. The van der Waals surface area contributed by atoms with Gasteiger partial charge in [0.2, 0.25) is 0 Å². The first kappa shape index (κ1) is 18.7. The van der Waals surface area contributed by atoms with Crippen molar-refractivity contribution in [2.75, 3.05) is 0 Å². The Morgan fingerprint density at radius 1 is 0.789 bits per heavy atom. The minimum absolute atomic E-state index is 1.10. The minimum Gasteiger partial charge on any atom is -0.481 e. The van der Waals surface area contributed by atoms with E-state index in [1.54, 1.807) is 0 Å². The fourth-order valence-electron chi connectivity index (χ4n) is 0.714. The van der Waals surface area contributed by atoms with Crippen LogP contribution in [0.4, 0.5) is 0 Å². The van der Waals surface area contributed by atoms with E-state index in [2.05, 4.69) is 11.5 Å². The quantitative estimate of drug-likeness (QED) is 0.277. The van der Waals surface area contributed by atoms with E-state index < -0.39 is 48.2 Å². The van der Waals surface area contributed by atoms with E-state index in [-0.39, 0.29) is 0 Å². The molecule has 0 aromatic rings. The molecular weight excluding hydrogens is 268 g/mol. The van der Waals surface area contributed by atoms with E-state index in [4.69, 9.17) is 20.4 Å². The van der Waals surface area contributed by atoms with Crippen molar-refractivity contribution in [3.8, 4) is 0 Å². The highest BCUT2D eigenvalue weighted by Gasteiger charge is 2.40. The Bertz CT molecular complexity index is 375. The van der Waals surface area contributed by atoms with Gasteiger partial charge in [-0.1, -0.05) is 0 Å². The number of primary amides is 2. The summed E-state index contributed by atoms with van der Waals surface area (Å²) in [5, 5.41) is 33.8. The van der Waals surface area contributed by atoms with Gasteiger partial charge in [-0.05, 0) is 0 Å². The molecule has 0 heterocycles. The maximum Gasteiger partial charge on any atom is 0.336 e. The van der Waals surface area contributed by atoms with E-state index in [9.17, 15) is 24.0 Å². The Morgan fingerprint density at radius 3 is 1.16 bits per heavy atom. The van der Waals surface area contributed by atoms with Gasteiger partial charge in [0.05, 0.1) is 12.8 Å². The average Bonchev–Trinajstić information content (AvgIpc) is 2.14. The van der Waals surface area contributed by atoms with Crippen molar-refractivity contribution in [3.05, 3.63) is 0 Å². The molecular formula is C8H12N2O9. The van der Waals surface area contributed by atoms with Crippen LogP contribution >= 0.6 is 0 Å². The maximum absolute atomic E-state index is 10.3. The Balaban J connectivity index is 0. The number of rotatable bonds is 5. The summed E-state index contributed by atoms with van der Waals surface area (Å²) in [6.07, 6.45) is -2.29. The first-order valence-electron chi connectivity index (χ1n) is 4.41. The van der Waals surface area contributed by atoms with E-state index in [1.165, 1.54) is 0 Å². The zero-order valence-electron chi connectivity index (χ0n) is 9.40. The number of carbonyl (C=O) groups excluding carboxylic acids is 2. The van der Waals surface area contributed by atoms with Crippen LogP contribution in [0.5, 0.6) is 0 Å². The SMILES string of the molecule is NC(=O)C(N)=O.O=C(O)CC(O)(CC(=O)O)C(=O)O. The Kier molecular flexibility index (Phi) is 7.47. The van der Waals surface area contributed by atoms with Crippen LogP contribution < -0.4 is 11.5 Å². The van der Waals surface area contributed by atoms with Gasteiger partial charge in [0.1, 0.15) is 0 Å². The van der Waals surface area contributed by atoms with Gasteiger partial charge in [-0.3, -0.25) is 19.2 Å². The lowest BCUT2D eigenvalue weighted by atomic mass is 9.96. The van der Waals surface area contributed by atoms with Crippen molar-refractivity contribution in [1.29, 1.82) is 0 Å². The van der Waals surface area contributed by atoms with Gasteiger partial charge in [0, 0.05) is 0 Å². The maximum atomic E-state index is 10.3. The lowest BCUT2D eigenvalue weighted by Crippen LogP contribution is -2.42. The first-order valence-corrected chi connectivity index (χ1v) is 4.41. The summed E-state index contributed by atoms with van der Waals surface area (Å²) in [5.41, 5.74) is 5.91. The van der Waals surface area contributed by atoms with Crippen molar-refractivity contribution in [2.24, 2.45) is 11.5 Å². The predicted octanol–water partition coefficient (Wildman–Crippen LogP) is -3.29. The molecule has 0 aliphatic heterocycles. The molecule has 108 valence electrons. The smallest absolute Gasteiger partial charge is 0.336 e. The minimum atomic E-state index is -2.74. The van der Waals surface area contributed by atoms with Crippen LogP contribution in [-0.4, -0.2) is 55.7 Å². The van der Waals surface area contributed by atoms with Crippen LogP contribution in [0, 0.1) is 0 Å². The molecule has 0 aromatic carbocycles. The van der Waals surface area contributed by atoms with Crippen LogP contribution in [0.1, 0.15) is 12.8 Å². The zero-order chi connectivity index (χ0) is 15.8. The zero-order valence-corrected chi connectivity index (χ0v) is 9.40. The van der Waals surface area contributed by atoms with Crippen molar-refractivity contribution in [2.45, 2.75) is 18.4 Å². The highest BCUT2D eigenvalue weighted by molar-refractivity contribution is 6.33. The van der Waals surface area contributed by atoms with Crippen molar-refractivity contribution in [1.82, 2.24) is 0 Å². The standard InChI is InChI=1S/C6H8O7.C2H4N2O2/c7-3(8)1-6(13,5(11)12)2-4(9)10;3-1(5)2(4)6/h13H,1-2H2,(H,7,8)(H,9,10)(H,11,12);(H2,3,5)(H2,4,6). The van der Waals surface area contributed by atoms with E-state index in [0.29, 0.717) is 0 Å².